The summed E-state index contributed by atoms with van der Waals surface area (Å²) in [6.45, 7) is 1.72. The van der Waals surface area contributed by atoms with Gasteiger partial charge in [-0.05, 0) is 54.4 Å². The van der Waals surface area contributed by atoms with Crippen molar-refractivity contribution in [2.75, 3.05) is 10.6 Å². The lowest BCUT2D eigenvalue weighted by Crippen LogP contribution is -2.31. The molecule has 1 aliphatic heterocycles. The fraction of sp³-hybridized carbons (Fsp3) is 0.148. The molecule has 3 aromatic carbocycles. The number of aromatic nitrogens is 3. The molecule has 0 aliphatic carbocycles. The maximum absolute atomic E-state index is 13.6. The highest BCUT2D eigenvalue weighted by molar-refractivity contribution is 7.98. The molecule has 5 rings (SSSR count). The van der Waals surface area contributed by atoms with Gasteiger partial charge in [-0.3, -0.25) is 4.79 Å². The van der Waals surface area contributed by atoms with E-state index in [-0.39, 0.29) is 5.57 Å². The second-order valence-corrected chi connectivity index (χ2v) is 12.1. The molecule has 1 unspecified atom stereocenters. The number of amides is 1. The van der Waals surface area contributed by atoms with Crippen LogP contribution in [0.5, 0.6) is 0 Å². The highest BCUT2D eigenvalue weighted by atomic mass is 35.5. The van der Waals surface area contributed by atoms with Crippen molar-refractivity contribution in [3.8, 4) is 0 Å². The molecule has 1 aliphatic rings. The quantitative estimate of drug-likeness (QED) is 0.233. The zero-order valence-corrected chi connectivity index (χ0v) is 23.3. The van der Waals surface area contributed by atoms with Crippen LogP contribution in [0.1, 0.15) is 24.1 Å². The van der Waals surface area contributed by atoms with Gasteiger partial charge in [0.25, 0.3) is 5.91 Å². The number of halogens is 3. The van der Waals surface area contributed by atoms with E-state index < -0.39 is 32.4 Å². The number of alkyl halides is 2. The summed E-state index contributed by atoms with van der Waals surface area (Å²) in [4.78, 5) is 17.7. The Balaban J connectivity index is 1.52. The maximum Gasteiger partial charge on any atom is 0.341 e. The van der Waals surface area contributed by atoms with Crippen LogP contribution in [0.2, 0.25) is 5.02 Å². The molecular weight excluding hydrogens is 580 g/mol. The Kier molecular flexibility index (Phi) is 7.92. The first-order chi connectivity index (χ1) is 19.1. The average Bonchev–Trinajstić information content (AvgIpc) is 3.35. The zero-order valence-electron chi connectivity index (χ0n) is 20.9. The summed E-state index contributed by atoms with van der Waals surface area (Å²) >= 11 is 7.38. The number of thioether (sulfide) groups is 1. The highest BCUT2D eigenvalue weighted by Gasteiger charge is 2.35. The van der Waals surface area contributed by atoms with Crippen molar-refractivity contribution in [3.05, 3.63) is 106 Å². The number of hydrogen-bond acceptors (Lipinski definition) is 7. The fourth-order valence-electron chi connectivity index (χ4n) is 4.19. The summed E-state index contributed by atoms with van der Waals surface area (Å²) < 4.78 is 51.7. The van der Waals surface area contributed by atoms with E-state index in [1.165, 1.54) is 28.6 Å². The number of hydrogen-bond donors (Lipinski definition) is 2. The molecule has 206 valence electrons. The minimum atomic E-state index is -4.79. The first-order valence-corrected chi connectivity index (χ1v) is 14.8. The molecule has 2 N–H and O–H groups in total. The molecule has 1 aromatic heterocycles. The Morgan fingerprint density at radius 1 is 1.07 bits per heavy atom. The van der Waals surface area contributed by atoms with Gasteiger partial charge in [-0.15, -0.1) is 5.10 Å². The standard InChI is InChI=1S/C27H22ClF2N5O3S2/c1-16-22(24(36)32-20-11-9-19(28)10-12-20)23(18-7-13-21(14-8-18)40(37,38)25(29)30)35-26(31-16)33-27(34-35)39-15-17-5-3-2-4-6-17/h2-14,23,25H,15H2,1H3,(H,32,36)(H,31,33,34). The molecule has 1 atom stereocenters. The number of sulfone groups is 1. The number of rotatable bonds is 8. The minimum absolute atomic E-state index is 0.288. The van der Waals surface area contributed by atoms with Crippen molar-refractivity contribution in [1.29, 1.82) is 0 Å². The van der Waals surface area contributed by atoms with Gasteiger partial charge in [-0.1, -0.05) is 65.8 Å². The molecule has 8 nitrogen and oxygen atoms in total. The Labute approximate surface area is 238 Å². The van der Waals surface area contributed by atoms with Gasteiger partial charge in [0.05, 0.1) is 10.5 Å². The van der Waals surface area contributed by atoms with Crippen LogP contribution in [-0.4, -0.2) is 34.8 Å². The lowest BCUT2D eigenvalue weighted by molar-refractivity contribution is -0.113. The normalized spacial score (nSPS) is 15.1. The third kappa shape index (κ3) is 5.74. The molecule has 4 aromatic rings. The molecule has 0 spiro atoms. The van der Waals surface area contributed by atoms with Crippen molar-refractivity contribution >= 4 is 50.7 Å². The lowest BCUT2D eigenvalue weighted by Gasteiger charge is -2.28. The van der Waals surface area contributed by atoms with Crippen LogP contribution in [0.25, 0.3) is 0 Å². The summed E-state index contributed by atoms with van der Waals surface area (Å²) in [7, 11) is -4.79. The third-order valence-corrected chi connectivity index (χ3v) is 8.71. The SMILES string of the molecule is CC1=C(C(=O)Nc2ccc(Cl)cc2)C(c2ccc(S(=O)(=O)C(F)F)cc2)n2nc(SCc3ccccc3)nc2N1. The summed E-state index contributed by atoms with van der Waals surface area (Å²) in [5, 5.41) is 11.6. The Morgan fingerprint density at radius 3 is 2.40 bits per heavy atom. The predicted molar refractivity (Wildman–Crippen MR) is 150 cm³/mol. The van der Waals surface area contributed by atoms with Gasteiger partial charge in [0.15, 0.2) is 0 Å². The molecule has 40 heavy (non-hydrogen) atoms. The topological polar surface area (TPSA) is 106 Å². The number of fused-ring (bicyclic) bond motifs is 1. The van der Waals surface area contributed by atoms with E-state index in [0.717, 1.165) is 17.7 Å². The lowest BCUT2D eigenvalue weighted by atomic mass is 9.95. The monoisotopic (exact) mass is 601 g/mol. The van der Waals surface area contributed by atoms with Crippen molar-refractivity contribution in [1.82, 2.24) is 14.8 Å². The van der Waals surface area contributed by atoms with E-state index in [4.69, 9.17) is 11.6 Å². The summed E-state index contributed by atoms with van der Waals surface area (Å²) in [6, 6.07) is 20.6. The minimum Gasteiger partial charge on any atom is -0.328 e. The molecule has 0 saturated carbocycles. The zero-order chi connectivity index (χ0) is 28.4. The number of benzene rings is 3. The Bertz CT molecular complexity index is 1680. The molecule has 2 heterocycles. The largest absolute Gasteiger partial charge is 0.341 e. The maximum atomic E-state index is 13.6. The van der Waals surface area contributed by atoms with E-state index in [9.17, 15) is 22.0 Å². The number of carbonyl (C=O) groups excluding carboxylic acids is 1. The van der Waals surface area contributed by atoms with Gasteiger partial charge in [0.1, 0.15) is 6.04 Å². The van der Waals surface area contributed by atoms with Crippen LogP contribution in [0, 0.1) is 0 Å². The van der Waals surface area contributed by atoms with Gasteiger partial charge in [0.2, 0.25) is 20.9 Å². The highest BCUT2D eigenvalue weighted by Crippen LogP contribution is 2.37. The summed E-state index contributed by atoms with van der Waals surface area (Å²) in [6.07, 6.45) is 0. The van der Waals surface area contributed by atoms with E-state index in [1.54, 1.807) is 31.2 Å². The molecule has 0 bridgehead atoms. The molecule has 1 amide bonds. The second kappa shape index (κ2) is 11.4. The van der Waals surface area contributed by atoms with E-state index in [1.807, 2.05) is 30.3 Å². The average molecular weight is 602 g/mol. The second-order valence-electron chi connectivity index (χ2n) is 8.84. The summed E-state index contributed by atoms with van der Waals surface area (Å²) in [5.74, 6) is -3.00. The fourth-order valence-corrected chi connectivity index (χ4v) is 5.82. The van der Waals surface area contributed by atoms with Crippen molar-refractivity contribution in [3.63, 3.8) is 0 Å². The molecule has 0 fully saturated rings. The Morgan fingerprint density at radius 2 is 1.75 bits per heavy atom. The number of nitrogens with zero attached hydrogens (tertiary/aromatic N) is 3. The van der Waals surface area contributed by atoms with Crippen molar-refractivity contribution in [2.45, 2.75) is 34.5 Å². The first-order valence-electron chi connectivity index (χ1n) is 11.9. The molecule has 0 saturated heterocycles. The van der Waals surface area contributed by atoms with Crippen LogP contribution in [0.15, 0.2) is 100 Å². The number of allylic oxidation sites excluding steroid dienone is 1. The number of nitrogens with one attached hydrogen (secondary N) is 2. The molecule has 0 radical (unpaired) electrons. The Hall–Kier alpha value is -3.74. The van der Waals surface area contributed by atoms with Gasteiger partial charge in [0, 0.05) is 22.2 Å². The molecular formula is C27H22ClF2N5O3S2. The van der Waals surface area contributed by atoms with E-state index in [2.05, 4.69) is 20.7 Å². The van der Waals surface area contributed by atoms with Crippen LogP contribution in [0.3, 0.4) is 0 Å². The third-order valence-electron chi connectivity index (χ3n) is 6.15. The predicted octanol–water partition coefficient (Wildman–Crippen LogP) is 6.15. The van der Waals surface area contributed by atoms with Gasteiger partial charge in [-0.25, -0.2) is 13.1 Å². The summed E-state index contributed by atoms with van der Waals surface area (Å²) in [5.41, 5.74) is 2.84. The smallest absolute Gasteiger partial charge is 0.328 e. The van der Waals surface area contributed by atoms with E-state index in [0.29, 0.717) is 38.8 Å². The number of anilines is 2. The van der Waals surface area contributed by atoms with Crippen molar-refractivity contribution < 1.29 is 22.0 Å². The van der Waals surface area contributed by atoms with Gasteiger partial charge < -0.3 is 10.6 Å². The number of carbonyl (C=O) groups is 1. The van der Waals surface area contributed by atoms with Crippen LogP contribution < -0.4 is 10.6 Å². The van der Waals surface area contributed by atoms with Gasteiger partial charge >= 0.3 is 5.76 Å². The van der Waals surface area contributed by atoms with Crippen LogP contribution >= 0.6 is 23.4 Å². The first kappa shape index (κ1) is 27.8. The van der Waals surface area contributed by atoms with Gasteiger partial charge in [-0.2, -0.15) is 13.8 Å². The van der Waals surface area contributed by atoms with Crippen LogP contribution in [0.4, 0.5) is 20.4 Å². The molecule has 13 heteroatoms. The van der Waals surface area contributed by atoms with Crippen LogP contribution in [-0.2, 0) is 20.4 Å². The van der Waals surface area contributed by atoms with Crippen molar-refractivity contribution in [2.24, 2.45) is 0 Å². The van der Waals surface area contributed by atoms with E-state index >= 15 is 0 Å².